The maximum Gasteiger partial charge on any atom is 0.194 e. The lowest BCUT2D eigenvalue weighted by atomic mass is 10.2. The van der Waals surface area contributed by atoms with E-state index in [1.54, 1.807) is 19.5 Å². The minimum Gasteiger partial charge on any atom is -0.385 e. The summed E-state index contributed by atoms with van der Waals surface area (Å²) in [4.78, 5) is 9.12. The van der Waals surface area contributed by atoms with Crippen LogP contribution in [0.2, 0.25) is 0 Å². The number of hydrogen-bond acceptors (Lipinski definition) is 5. The Morgan fingerprint density at radius 2 is 2.03 bits per heavy atom. The van der Waals surface area contributed by atoms with Crippen LogP contribution in [0.3, 0.4) is 0 Å². The highest BCUT2D eigenvalue weighted by atomic mass is 19.1. The molecule has 0 aliphatic carbocycles. The van der Waals surface area contributed by atoms with Gasteiger partial charge in [-0.05, 0) is 18.6 Å². The number of aromatic nitrogens is 3. The van der Waals surface area contributed by atoms with E-state index in [-0.39, 0.29) is 5.82 Å². The first-order valence-corrected chi connectivity index (χ1v) is 10.6. The topological polar surface area (TPSA) is 70.8 Å². The summed E-state index contributed by atoms with van der Waals surface area (Å²) in [5.41, 5.74) is 0.670. The molecule has 0 amide bonds. The summed E-state index contributed by atoms with van der Waals surface area (Å²) in [6.45, 7) is 8.08. The summed E-state index contributed by atoms with van der Waals surface area (Å²) in [5, 5.41) is 11.6. The van der Waals surface area contributed by atoms with Crippen LogP contribution in [0.5, 0.6) is 0 Å². The van der Waals surface area contributed by atoms with Crippen molar-refractivity contribution in [2.75, 3.05) is 57.9 Å². The fraction of sp³-hybridized carbons (Fsp3) is 0.571. The van der Waals surface area contributed by atoms with Crippen LogP contribution in [-0.4, -0.2) is 78.6 Å². The van der Waals surface area contributed by atoms with Crippen molar-refractivity contribution in [2.45, 2.75) is 26.3 Å². The Hall–Kier alpha value is -2.68. The van der Waals surface area contributed by atoms with E-state index in [2.05, 4.69) is 36.8 Å². The number of benzene rings is 1. The lowest BCUT2D eigenvalue weighted by molar-refractivity contribution is 0.197. The third-order valence-corrected chi connectivity index (χ3v) is 5.19. The van der Waals surface area contributed by atoms with Gasteiger partial charge in [0.25, 0.3) is 0 Å². The molecule has 1 aliphatic heterocycles. The van der Waals surface area contributed by atoms with Crippen molar-refractivity contribution in [3.05, 3.63) is 42.2 Å². The van der Waals surface area contributed by atoms with Gasteiger partial charge in [0, 0.05) is 66.0 Å². The van der Waals surface area contributed by atoms with E-state index in [9.17, 15) is 4.39 Å². The van der Waals surface area contributed by atoms with Crippen molar-refractivity contribution >= 4 is 11.6 Å². The van der Waals surface area contributed by atoms with Crippen molar-refractivity contribution in [1.29, 1.82) is 0 Å². The molecule has 1 saturated heterocycles. The molecule has 1 aliphatic rings. The van der Waals surface area contributed by atoms with Crippen LogP contribution in [0.1, 0.15) is 19.2 Å². The molecule has 1 fully saturated rings. The smallest absolute Gasteiger partial charge is 0.194 e. The fourth-order valence-electron chi connectivity index (χ4n) is 3.56. The van der Waals surface area contributed by atoms with Crippen LogP contribution in [0.15, 0.2) is 35.6 Å². The maximum atomic E-state index is 14.1. The Labute approximate surface area is 177 Å². The molecule has 3 rings (SSSR count). The summed E-state index contributed by atoms with van der Waals surface area (Å²) in [6.07, 6.45) is 3.50. The Morgan fingerprint density at radius 1 is 1.23 bits per heavy atom. The van der Waals surface area contributed by atoms with Crippen molar-refractivity contribution < 1.29 is 9.13 Å². The Bertz CT molecular complexity index is 802. The molecule has 8 nitrogen and oxygen atoms in total. The molecule has 0 unspecified atom stereocenters. The standard InChI is InChI=1S/C21H32FN7O/c1-3-20-26-25-17-29(20)11-10-24-21(23-9-6-16-30-2)28-14-12-27(13-15-28)19-8-5-4-7-18(19)22/h4-5,7-8,17H,3,6,9-16H2,1-2H3,(H,23,24). The highest BCUT2D eigenvalue weighted by Crippen LogP contribution is 2.20. The zero-order valence-corrected chi connectivity index (χ0v) is 17.9. The number of ether oxygens (including phenoxy) is 1. The Morgan fingerprint density at radius 3 is 2.77 bits per heavy atom. The number of aryl methyl sites for hydroxylation is 1. The monoisotopic (exact) mass is 417 g/mol. The van der Waals surface area contributed by atoms with E-state index in [0.29, 0.717) is 18.8 Å². The van der Waals surface area contributed by atoms with Crippen LogP contribution >= 0.6 is 0 Å². The number of hydrogen-bond donors (Lipinski definition) is 1. The largest absolute Gasteiger partial charge is 0.385 e. The van der Waals surface area contributed by atoms with E-state index >= 15 is 0 Å². The van der Waals surface area contributed by atoms with Crippen molar-refractivity contribution in [3.63, 3.8) is 0 Å². The molecular weight excluding hydrogens is 385 g/mol. The minimum absolute atomic E-state index is 0.168. The second-order valence-corrected chi connectivity index (χ2v) is 7.20. The maximum absolute atomic E-state index is 14.1. The molecule has 9 heteroatoms. The zero-order valence-electron chi connectivity index (χ0n) is 17.9. The van der Waals surface area contributed by atoms with Crippen molar-refractivity contribution in [1.82, 2.24) is 25.0 Å². The molecule has 0 radical (unpaired) electrons. The molecule has 0 saturated carbocycles. The number of guanidine groups is 1. The second kappa shape index (κ2) is 11.5. The normalized spacial score (nSPS) is 15.0. The molecular formula is C21H32FN7O. The molecule has 1 N–H and O–H groups in total. The number of para-hydroxylation sites is 1. The average Bonchev–Trinajstić information content (AvgIpc) is 3.23. The van der Waals surface area contributed by atoms with Gasteiger partial charge < -0.3 is 24.4 Å². The predicted molar refractivity (Wildman–Crippen MR) is 116 cm³/mol. The van der Waals surface area contributed by atoms with Gasteiger partial charge in [-0.3, -0.25) is 4.99 Å². The van der Waals surface area contributed by atoms with Gasteiger partial charge in [-0.2, -0.15) is 0 Å². The fourth-order valence-corrected chi connectivity index (χ4v) is 3.56. The molecule has 1 aromatic heterocycles. The first kappa shape index (κ1) is 22.0. The lowest BCUT2D eigenvalue weighted by Gasteiger charge is -2.38. The Kier molecular flexibility index (Phi) is 8.43. The number of anilines is 1. The van der Waals surface area contributed by atoms with Gasteiger partial charge in [-0.1, -0.05) is 19.1 Å². The number of aliphatic imine (C=N–C) groups is 1. The van der Waals surface area contributed by atoms with Gasteiger partial charge in [0.2, 0.25) is 0 Å². The van der Waals surface area contributed by atoms with Crippen LogP contribution in [0, 0.1) is 5.82 Å². The van der Waals surface area contributed by atoms with Crippen LogP contribution in [-0.2, 0) is 17.7 Å². The van der Waals surface area contributed by atoms with E-state index in [4.69, 9.17) is 9.73 Å². The van der Waals surface area contributed by atoms with Crippen LogP contribution < -0.4 is 10.2 Å². The summed E-state index contributed by atoms with van der Waals surface area (Å²) < 4.78 is 21.3. The summed E-state index contributed by atoms with van der Waals surface area (Å²) >= 11 is 0. The molecule has 0 spiro atoms. The quantitative estimate of drug-likeness (QED) is 0.381. The van der Waals surface area contributed by atoms with Crippen LogP contribution in [0.25, 0.3) is 0 Å². The minimum atomic E-state index is -0.168. The summed E-state index contributed by atoms with van der Waals surface area (Å²) in [5.74, 6) is 1.71. The van der Waals surface area contributed by atoms with Gasteiger partial charge in [0.1, 0.15) is 18.0 Å². The molecule has 0 atom stereocenters. The SMILES string of the molecule is CCc1nncn1CCNC(=NCCCOC)N1CCN(c2ccccc2F)CC1. The van der Waals surface area contributed by atoms with Gasteiger partial charge in [0.15, 0.2) is 5.96 Å². The molecule has 0 bridgehead atoms. The molecule has 1 aromatic carbocycles. The third-order valence-electron chi connectivity index (χ3n) is 5.19. The Balaban J connectivity index is 1.57. The number of halogens is 1. The predicted octanol–water partition coefficient (Wildman–Crippen LogP) is 1.78. The number of rotatable bonds is 9. The summed E-state index contributed by atoms with van der Waals surface area (Å²) in [6, 6.07) is 6.96. The van der Waals surface area contributed by atoms with Crippen molar-refractivity contribution in [2.24, 2.45) is 4.99 Å². The highest BCUT2D eigenvalue weighted by Gasteiger charge is 2.21. The number of piperazine rings is 1. The second-order valence-electron chi connectivity index (χ2n) is 7.20. The van der Waals surface area contributed by atoms with Gasteiger partial charge >= 0.3 is 0 Å². The lowest BCUT2D eigenvalue weighted by Crippen LogP contribution is -2.53. The molecule has 2 heterocycles. The summed E-state index contributed by atoms with van der Waals surface area (Å²) in [7, 11) is 1.70. The highest BCUT2D eigenvalue weighted by molar-refractivity contribution is 5.80. The van der Waals surface area contributed by atoms with E-state index in [1.165, 1.54) is 6.07 Å². The molecule has 164 valence electrons. The van der Waals surface area contributed by atoms with E-state index in [0.717, 1.165) is 63.9 Å². The van der Waals surface area contributed by atoms with Crippen LogP contribution in [0.4, 0.5) is 10.1 Å². The van der Waals surface area contributed by atoms with Crippen molar-refractivity contribution in [3.8, 4) is 0 Å². The first-order valence-electron chi connectivity index (χ1n) is 10.6. The number of nitrogens with zero attached hydrogens (tertiary/aromatic N) is 6. The zero-order chi connectivity index (χ0) is 21.2. The van der Waals surface area contributed by atoms with Gasteiger partial charge in [-0.15, -0.1) is 10.2 Å². The first-order chi connectivity index (χ1) is 14.7. The number of nitrogens with one attached hydrogen (secondary N) is 1. The van der Waals surface area contributed by atoms with E-state index < -0.39 is 0 Å². The molecule has 30 heavy (non-hydrogen) atoms. The van der Waals surface area contributed by atoms with Gasteiger partial charge in [-0.25, -0.2) is 4.39 Å². The van der Waals surface area contributed by atoms with E-state index in [1.807, 2.05) is 12.1 Å². The molecule has 2 aromatic rings. The van der Waals surface area contributed by atoms with Gasteiger partial charge in [0.05, 0.1) is 5.69 Å². The number of methoxy groups -OCH3 is 1. The average molecular weight is 418 g/mol. The third kappa shape index (κ3) is 5.91.